The lowest BCUT2D eigenvalue weighted by molar-refractivity contribution is 0.0880. The summed E-state index contributed by atoms with van der Waals surface area (Å²) >= 11 is -2.03. The van der Waals surface area contributed by atoms with E-state index in [1.807, 2.05) is 0 Å². The van der Waals surface area contributed by atoms with Crippen molar-refractivity contribution in [3.05, 3.63) is 0 Å². The fourth-order valence-electron chi connectivity index (χ4n) is 0.103. The molecule has 0 spiro atoms. The molecule has 0 saturated heterocycles. The highest BCUT2D eigenvalue weighted by molar-refractivity contribution is 7.79. The van der Waals surface area contributed by atoms with Crippen LogP contribution in [0.3, 0.4) is 0 Å². The van der Waals surface area contributed by atoms with Gasteiger partial charge in [-0.3, -0.25) is 0 Å². The standard InChI is InChI=1S/C2H5FO3S/c3-1-6-2-7(4)5/h1-2H2,(H,4,5). The van der Waals surface area contributed by atoms with Gasteiger partial charge in [0.1, 0.15) is 0 Å². The Bertz CT molecular complexity index is 66.0. The van der Waals surface area contributed by atoms with E-state index in [2.05, 4.69) is 4.74 Å². The zero-order chi connectivity index (χ0) is 5.70. The van der Waals surface area contributed by atoms with Crippen LogP contribution < -0.4 is 0 Å². The molecule has 0 aliphatic rings. The van der Waals surface area contributed by atoms with Crippen LogP contribution in [-0.2, 0) is 15.8 Å². The molecule has 0 saturated carbocycles. The minimum absolute atomic E-state index is 0.448. The van der Waals surface area contributed by atoms with E-state index in [9.17, 15) is 8.60 Å². The monoisotopic (exact) mass is 128 g/mol. The van der Waals surface area contributed by atoms with Crippen LogP contribution in [0, 0.1) is 0 Å². The third kappa shape index (κ3) is 6.00. The number of hydrogen-bond donors (Lipinski definition) is 1. The third-order valence-corrected chi connectivity index (χ3v) is 0.630. The molecule has 7 heavy (non-hydrogen) atoms. The molecule has 0 fully saturated rings. The second-order valence-electron chi connectivity index (χ2n) is 0.753. The first-order chi connectivity index (χ1) is 3.27. The average molecular weight is 128 g/mol. The summed E-state index contributed by atoms with van der Waals surface area (Å²) < 4.78 is 32.2. The minimum atomic E-state index is -2.03. The van der Waals surface area contributed by atoms with Gasteiger partial charge in [-0.2, -0.15) is 0 Å². The zero-order valence-corrected chi connectivity index (χ0v) is 4.28. The molecule has 44 valence electrons. The second kappa shape index (κ2) is 4.17. The van der Waals surface area contributed by atoms with Gasteiger partial charge in [0.2, 0.25) is 0 Å². The Balaban J connectivity index is 2.82. The van der Waals surface area contributed by atoms with Crippen LogP contribution in [0.4, 0.5) is 4.39 Å². The number of ether oxygens (including phenoxy) is 1. The number of halogens is 1. The van der Waals surface area contributed by atoms with Gasteiger partial charge in [0.05, 0.1) is 0 Å². The van der Waals surface area contributed by atoms with E-state index in [0.717, 1.165) is 0 Å². The van der Waals surface area contributed by atoms with Crippen LogP contribution in [0.25, 0.3) is 0 Å². The third-order valence-electron chi connectivity index (χ3n) is 0.261. The summed E-state index contributed by atoms with van der Waals surface area (Å²) in [7, 11) is 0. The van der Waals surface area contributed by atoms with Crippen LogP contribution in [-0.4, -0.2) is 21.6 Å². The van der Waals surface area contributed by atoms with Gasteiger partial charge in [0.25, 0.3) is 0 Å². The van der Waals surface area contributed by atoms with Gasteiger partial charge < -0.3 is 9.29 Å². The van der Waals surface area contributed by atoms with Crippen molar-refractivity contribution in [2.45, 2.75) is 0 Å². The second-order valence-corrected chi connectivity index (χ2v) is 1.63. The molecule has 0 rings (SSSR count). The number of alkyl halides is 1. The van der Waals surface area contributed by atoms with Crippen LogP contribution in [0.1, 0.15) is 0 Å². The summed E-state index contributed by atoms with van der Waals surface area (Å²) in [5.41, 5.74) is 0. The fraction of sp³-hybridized carbons (Fsp3) is 1.00. The first-order valence-corrected chi connectivity index (χ1v) is 2.76. The lowest BCUT2D eigenvalue weighted by atomic mass is 11.5. The Kier molecular flexibility index (Phi) is 4.17. The highest BCUT2D eigenvalue weighted by Crippen LogP contribution is 1.76. The van der Waals surface area contributed by atoms with Crippen molar-refractivity contribution < 1.29 is 17.9 Å². The van der Waals surface area contributed by atoms with Gasteiger partial charge in [-0.15, -0.1) is 0 Å². The van der Waals surface area contributed by atoms with Gasteiger partial charge in [0.15, 0.2) is 23.9 Å². The molecular formula is C2H5FO3S. The van der Waals surface area contributed by atoms with Gasteiger partial charge in [-0.05, 0) is 0 Å². The fourth-order valence-corrected chi connectivity index (χ4v) is 0.308. The molecule has 0 radical (unpaired) electrons. The molecule has 0 aromatic carbocycles. The van der Waals surface area contributed by atoms with E-state index in [-0.39, 0.29) is 0 Å². The van der Waals surface area contributed by atoms with Crippen molar-refractivity contribution in [2.24, 2.45) is 0 Å². The van der Waals surface area contributed by atoms with Crippen molar-refractivity contribution in [2.75, 3.05) is 12.8 Å². The van der Waals surface area contributed by atoms with Gasteiger partial charge in [0, 0.05) is 0 Å². The predicted molar refractivity (Wildman–Crippen MR) is 22.7 cm³/mol. The van der Waals surface area contributed by atoms with Crippen LogP contribution in [0.5, 0.6) is 0 Å². The highest BCUT2D eigenvalue weighted by atomic mass is 32.2. The van der Waals surface area contributed by atoms with E-state index < -0.39 is 23.9 Å². The molecule has 3 nitrogen and oxygen atoms in total. The Labute approximate surface area is 42.8 Å². The Hall–Kier alpha value is -0.0000000000000000555. The molecule has 1 atom stereocenters. The Morgan fingerprint density at radius 3 is 2.57 bits per heavy atom. The minimum Gasteiger partial charge on any atom is -0.335 e. The molecule has 0 bridgehead atoms. The highest BCUT2D eigenvalue weighted by Gasteiger charge is 1.88. The van der Waals surface area contributed by atoms with Crippen LogP contribution >= 0.6 is 0 Å². The van der Waals surface area contributed by atoms with E-state index >= 15 is 0 Å². The molecule has 0 aromatic heterocycles. The summed E-state index contributed by atoms with van der Waals surface area (Å²) in [6.07, 6.45) is 0. The van der Waals surface area contributed by atoms with Crippen molar-refractivity contribution in [3.8, 4) is 0 Å². The molecule has 1 unspecified atom stereocenters. The molecule has 0 aromatic rings. The Morgan fingerprint density at radius 1 is 1.86 bits per heavy atom. The number of rotatable bonds is 3. The first kappa shape index (κ1) is 7.00. The Morgan fingerprint density at radius 2 is 2.43 bits per heavy atom. The number of hydrogen-bond acceptors (Lipinski definition) is 2. The van der Waals surface area contributed by atoms with Crippen molar-refractivity contribution >= 4 is 11.1 Å². The lowest BCUT2D eigenvalue weighted by Crippen LogP contribution is -1.98. The molecule has 5 heteroatoms. The summed E-state index contributed by atoms with van der Waals surface area (Å²) in [6, 6.07) is 0. The maximum absolute atomic E-state index is 10.9. The van der Waals surface area contributed by atoms with Crippen LogP contribution in [0.2, 0.25) is 0 Å². The van der Waals surface area contributed by atoms with Gasteiger partial charge in [-0.1, -0.05) is 0 Å². The normalized spacial score (nSPS) is 14.0. The molecule has 0 aliphatic heterocycles. The SMILES string of the molecule is O=S(O)COCF. The summed E-state index contributed by atoms with van der Waals surface area (Å²) in [5, 5.41) is 0. The molecule has 1 N–H and O–H groups in total. The maximum atomic E-state index is 10.9. The molecule has 0 aliphatic carbocycles. The summed E-state index contributed by atoms with van der Waals surface area (Å²) in [6.45, 7) is -1.01. The smallest absolute Gasteiger partial charge is 0.189 e. The zero-order valence-electron chi connectivity index (χ0n) is 3.46. The lowest BCUT2D eigenvalue weighted by Gasteiger charge is -1.88. The van der Waals surface area contributed by atoms with Crippen molar-refractivity contribution in [3.63, 3.8) is 0 Å². The maximum Gasteiger partial charge on any atom is 0.189 e. The molecule has 0 heterocycles. The van der Waals surface area contributed by atoms with Crippen LogP contribution in [0.15, 0.2) is 0 Å². The van der Waals surface area contributed by atoms with Gasteiger partial charge in [-0.25, -0.2) is 8.60 Å². The summed E-state index contributed by atoms with van der Waals surface area (Å²) in [5.74, 6) is -0.448. The van der Waals surface area contributed by atoms with Crippen molar-refractivity contribution in [1.82, 2.24) is 0 Å². The first-order valence-electron chi connectivity index (χ1n) is 1.48. The summed E-state index contributed by atoms with van der Waals surface area (Å²) in [4.78, 5) is 0. The molecular weight excluding hydrogens is 123 g/mol. The van der Waals surface area contributed by atoms with E-state index in [0.29, 0.717) is 0 Å². The van der Waals surface area contributed by atoms with E-state index in [1.165, 1.54) is 0 Å². The average Bonchev–Trinajstić information content (AvgIpc) is 1.61. The van der Waals surface area contributed by atoms with E-state index in [4.69, 9.17) is 4.55 Å². The predicted octanol–water partition coefficient (Wildman–Crippen LogP) is 0.109. The topological polar surface area (TPSA) is 46.5 Å². The quantitative estimate of drug-likeness (QED) is 0.549. The van der Waals surface area contributed by atoms with Crippen molar-refractivity contribution in [1.29, 1.82) is 0 Å². The van der Waals surface area contributed by atoms with E-state index in [1.54, 1.807) is 0 Å². The molecule has 0 amide bonds. The largest absolute Gasteiger partial charge is 0.335 e. The van der Waals surface area contributed by atoms with Gasteiger partial charge >= 0.3 is 0 Å².